The third-order valence-corrected chi connectivity index (χ3v) is 2.66. The van der Waals surface area contributed by atoms with Gasteiger partial charge in [0, 0.05) is 12.1 Å². The lowest BCUT2D eigenvalue weighted by atomic mass is 10.1. The zero-order valence-corrected chi connectivity index (χ0v) is 10.4. The number of aryl methyl sites for hydroxylation is 1. The number of nitro groups is 1. The molecule has 0 radical (unpaired) electrons. The molecule has 2 rings (SSSR count). The van der Waals surface area contributed by atoms with E-state index in [0.717, 1.165) is 11.1 Å². The maximum Gasteiger partial charge on any atom is 0.269 e. The number of benzene rings is 2. The van der Waals surface area contributed by atoms with Crippen LogP contribution in [0.3, 0.4) is 0 Å². The smallest absolute Gasteiger partial charge is 0.269 e. The van der Waals surface area contributed by atoms with Crippen molar-refractivity contribution in [2.75, 3.05) is 5.43 Å². The molecule has 19 heavy (non-hydrogen) atoms. The summed E-state index contributed by atoms with van der Waals surface area (Å²) in [7, 11) is 0. The predicted molar refractivity (Wildman–Crippen MR) is 75.5 cm³/mol. The molecule has 0 unspecified atom stereocenters. The molecule has 0 atom stereocenters. The molecule has 2 aromatic rings. The number of nitrogens with one attached hydrogen (secondary N) is 1. The molecular weight excluding hydrogens is 242 g/mol. The van der Waals surface area contributed by atoms with Gasteiger partial charge in [0.15, 0.2) is 0 Å². The van der Waals surface area contributed by atoms with Gasteiger partial charge in [-0.3, -0.25) is 15.5 Å². The Morgan fingerprint density at radius 2 is 1.84 bits per heavy atom. The quantitative estimate of drug-likeness (QED) is 0.517. The number of nitrogens with zero attached hydrogens (tertiary/aromatic N) is 2. The zero-order chi connectivity index (χ0) is 13.7. The van der Waals surface area contributed by atoms with Gasteiger partial charge in [0.25, 0.3) is 5.69 Å². The summed E-state index contributed by atoms with van der Waals surface area (Å²) in [5, 5.41) is 14.6. The fourth-order valence-electron chi connectivity index (χ4n) is 1.57. The van der Waals surface area contributed by atoms with E-state index in [-0.39, 0.29) is 5.69 Å². The van der Waals surface area contributed by atoms with Crippen LogP contribution in [-0.4, -0.2) is 11.1 Å². The minimum absolute atomic E-state index is 0.0634. The van der Waals surface area contributed by atoms with Gasteiger partial charge in [-0.2, -0.15) is 5.10 Å². The fourth-order valence-corrected chi connectivity index (χ4v) is 1.57. The second-order valence-corrected chi connectivity index (χ2v) is 4.03. The van der Waals surface area contributed by atoms with Crippen molar-refractivity contribution in [1.82, 2.24) is 0 Å². The average molecular weight is 255 g/mol. The summed E-state index contributed by atoms with van der Waals surface area (Å²) in [5.74, 6) is 0. The maximum atomic E-state index is 10.5. The van der Waals surface area contributed by atoms with E-state index in [9.17, 15) is 10.1 Å². The lowest BCUT2D eigenvalue weighted by molar-refractivity contribution is -0.384. The summed E-state index contributed by atoms with van der Waals surface area (Å²) >= 11 is 0. The van der Waals surface area contributed by atoms with E-state index in [1.54, 1.807) is 18.3 Å². The standard InChI is InChI=1S/C14H13N3O2/c1-11-4-2-3-5-12(11)10-15-16-13-6-8-14(9-7-13)17(18)19/h2-10,16H,1H3. The molecule has 0 aliphatic carbocycles. The minimum Gasteiger partial charge on any atom is -0.278 e. The van der Waals surface area contributed by atoms with Crippen molar-refractivity contribution in [2.24, 2.45) is 5.10 Å². The third-order valence-electron chi connectivity index (χ3n) is 2.66. The van der Waals surface area contributed by atoms with Crippen LogP contribution in [0.4, 0.5) is 11.4 Å². The molecule has 0 spiro atoms. The Morgan fingerprint density at radius 1 is 1.16 bits per heavy atom. The molecule has 96 valence electrons. The van der Waals surface area contributed by atoms with Crippen molar-refractivity contribution in [3.8, 4) is 0 Å². The lowest BCUT2D eigenvalue weighted by Gasteiger charge is -2.00. The Balaban J connectivity index is 2.03. The third kappa shape index (κ3) is 3.38. The number of hydrazone groups is 1. The van der Waals surface area contributed by atoms with Gasteiger partial charge in [0.2, 0.25) is 0 Å². The van der Waals surface area contributed by atoms with Crippen LogP contribution in [0.25, 0.3) is 0 Å². The molecule has 0 heterocycles. The van der Waals surface area contributed by atoms with Crippen molar-refractivity contribution >= 4 is 17.6 Å². The van der Waals surface area contributed by atoms with E-state index in [2.05, 4.69) is 10.5 Å². The molecule has 0 fully saturated rings. The van der Waals surface area contributed by atoms with E-state index in [1.807, 2.05) is 31.2 Å². The highest BCUT2D eigenvalue weighted by Crippen LogP contribution is 2.15. The Bertz CT molecular complexity index is 606. The highest BCUT2D eigenvalue weighted by atomic mass is 16.6. The van der Waals surface area contributed by atoms with Gasteiger partial charge >= 0.3 is 0 Å². The molecule has 1 N–H and O–H groups in total. The summed E-state index contributed by atoms with van der Waals surface area (Å²) in [4.78, 5) is 10.1. The van der Waals surface area contributed by atoms with Gasteiger partial charge in [-0.1, -0.05) is 24.3 Å². The number of rotatable bonds is 4. The van der Waals surface area contributed by atoms with Gasteiger partial charge in [0.1, 0.15) is 0 Å². The summed E-state index contributed by atoms with van der Waals surface area (Å²) in [6, 6.07) is 14.0. The summed E-state index contributed by atoms with van der Waals surface area (Å²) in [6.45, 7) is 2.01. The van der Waals surface area contributed by atoms with Crippen LogP contribution in [0.1, 0.15) is 11.1 Å². The Hall–Kier alpha value is -2.69. The molecule has 0 bridgehead atoms. The van der Waals surface area contributed by atoms with Crippen LogP contribution in [0.5, 0.6) is 0 Å². The van der Waals surface area contributed by atoms with Crippen molar-refractivity contribution < 1.29 is 4.92 Å². The van der Waals surface area contributed by atoms with Gasteiger partial charge in [-0.25, -0.2) is 0 Å². The highest BCUT2D eigenvalue weighted by Gasteiger charge is 2.02. The van der Waals surface area contributed by atoms with Crippen LogP contribution in [-0.2, 0) is 0 Å². The first-order valence-electron chi connectivity index (χ1n) is 5.76. The van der Waals surface area contributed by atoms with Gasteiger partial charge in [-0.05, 0) is 30.2 Å². The number of hydrogen-bond donors (Lipinski definition) is 1. The van der Waals surface area contributed by atoms with Gasteiger partial charge in [-0.15, -0.1) is 0 Å². The maximum absolute atomic E-state index is 10.5. The van der Waals surface area contributed by atoms with Crippen LogP contribution in [0.2, 0.25) is 0 Å². The second kappa shape index (κ2) is 5.77. The van der Waals surface area contributed by atoms with E-state index in [0.29, 0.717) is 5.69 Å². The van der Waals surface area contributed by atoms with E-state index >= 15 is 0 Å². The minimum atomic E-state index is -0.430. The van der Waals surface area contributed by atoms with Crippen molar-refractivity contribution in [2.45, 2.75) is 6.92 Å². The van der Waals surface area contributed by atoms with Gasteiger partial charge < -0.3 is 0 Å². The van der Waals surface area contributed by atoms with Crippen molar-refractivity contribution in [1.29, 1.82) is 0 Å². The molecular formula is C14H13N3O2. The summed E-state index contributed by atoms with van der Waals surface area (Å²) in [6.07, 6.45) is 1.72. The number of hydrogen-bond acceptors (Lipinski definition) is 4. The second-order valence-electron chi connectivity index (χ2n) is 4.03. The van der Waals surface area contributed by atoms with Crippen LogP contribution >= 0.6 is 0 Å². The van der Waals surface area contributed by atoms with E-state index in [1.165, 1.54) is 12.1 Å². The normalized spacial score (nSPS) is 10.6. The molecule has 0 amide bonds. The predicted octanol–water partition coefficient (Wildman–Crippen LogP) is 3.35. The fraction of sp³-hybridized carbons (Fsp3) is 0.0714. The number of non-ortho nitro benzene ring substituents is 1. The molecule has 0 aliphatic rings. The molecule has 0 aliphatic heterocycles. The topological polar surface area (TPSA) is 67.5 Å². The molecule has 0 aromatic heterocycles. The first-order valence-corrected chi connectivity index (χ1v) is 5.76. The Labute approximate surface area is 110 Å². The highest BCUT2D eigenvalue weighted by molar-refractivity contribution is 5.82. The van der Waals surface area contributed by atoms with Gasteiger partial charge in [0.05, 0.1) is 16.8 Å². The average Bonchev–Trinajstić information content (AvgIpc) is 2.41. The number of anilines is 1. The van der Waals surface area contributed by atoms with Crippen LogP contribution in [0, 0.1) is 17.0 Å². The first kappa shape index (κ1) is 12.8. The van der Waals surface area contributed by atoms with E-state index in [4.69, 9.17) is 0 Å². The molecule has 5 heteroatoms. The van der Waals surface area contributed by atoms with E-state index < -0.39 is 4.92 Å². The van der Waals surface area contributed by atoms with Crippen LogP contribution < -0.4 is 5.43 Å². The number of nitro benzene ring substituents is 1. The lowest BCUT2D eigenvalue weighted by Crippen LogP contribution is -1.93. The largest absolute Gasteiger partial charge is 0.278 e. The molecule has 2 aromatic carbocycles. The molecule has 0 saturated carbocycles. The Kier molecular flexibility index (Phi) is 3.87. The van der Waals surface area contributed by atoms with Crippen molar-refractivity contribution in [3.63, 3.8) is 0 Å². The first-order chi connectivity index (χ1) is 9.16. The molecule has 5 nitrogen and oxygen atoms in total. The molecule has 0 saturated heterocycles. The zero-order valence-electron chi connectivity index (χ0n) is 10.4. The summed E-state index contributed by atoms with van der Waals surface area (Å²) < 4.78 is 0. The SMILES string of the molecule is Cc1ccccc1C=NNc1ccc([N+](=O)[O-])cc1. The monoisotopic (exact) mass is 255 g/mol. The Morgan fingerprint density at radius 3 is 2.47 bits per heavy atom. The van der Waals surface area contributed by atoms with Crippen LogP contribution in [0.15, 0.2) is 53.6 Å². The van der Waals surface area contributed by atoms with Crippen molar-refractivity contribution in [3.05, 3.63) is 69.8 Å². The summed E-state index contributed by atoms with van der Waals surface area (Å²) in [5.41, 5.74) is 5.76.